The first-order chi connectivity index (χ1) is 15.6. The van der Waals surface area contributed by atoms with Crippen LogP contribution in [0.3, 0.4) is 0 Å². The number of phenols is 1. The van der Waals surface area contributed by atoms with Gasteiger partial charge in [-0.05, 0) is 30.2 Å². The van der Waals surface area contributed by atoms with Crippen molar-refractivity contribution in [2.45, 2.75) is 25.7 Å². The lowest BCUT2D eigenvalue weighted by molar-refractivity contribution is -0.117. The molecule has 3 aromatic rings. The molecule has 1 N–H and O–H groups in total. The van der Waals surface area contributed by atoms with Crippen LogP contribution in [0.25, 0.3) is 0 Å². The highest BCUT2D eigenvalue weighted by atomic mass is 16.5. The van der Waals surface area contributed by atoms with Crippen molar-refractivity contribution in [3.63, 3.8) is 0 Å². The minimum atomic E-state index is -1.07. The number of amides is 1. The Balaban J connectivity index is 1.84. The molecule has 0 aliphatic carbocycles. The summed E-state index contributed by atoms with van der Waals surface area (Å²) in [7, 11) is 2.97. The largest absolute Gasteiger partial charge is 0.502 e. The van der Waals surface area contributed by atoms with Crippen LogP contribution in [0.1, 0.15) is 40.4 Å². The second-order valence-corrected chi connectivity index (χ2v) is 7.65. The Labute approximate surface area is 188 Å². The zero-order valence-corrected chi connectivity index (χ0v) is 18.5. The van der Waals surface area contributed by atoms with E-state index in [9.17, 15) is 9.90 Å². The van der Waals surface area contributed by atoms with Gasteiger partial charge in [-0.15, -0.1) is 0 Å². The fourth-order valence-electron chi connectivity index (χ4n) is 4.31. The maximum absolute atomic E-state index is 13.4. The van der Waals surface area contributed by atoms with Gasteiger partial charge in [-0.1, -0.05) is 55.5 Å². The highest BCUT2D eigenvalue weighted by Gasteiger charge is 2.51. The minimum absolute atomic E-state index is 0.0489. The molecule has 1 aliphatic rings. The third kappa shape index (κ3) is 3.46. The number of carbonyl (C=O) groups excluding carboxylic acids is 1. The molecule has 1 aliphatic heterocycles. The van der Waals surface area contributed by atoms with E-state index in [4.69, 9.17) is 14.2 Å². The number of carbonyl (C=O) groups is 1. The van der Waals surface area contributed by atoms with E-state index in [1.54, 1.807) is 12.1 Å². The zero-order chi connectivity index (χ0) is 22.7. The van der Waals surface area contributed by atoms with Gasteiger partial charge in [0.05, 0.1) is 20.8 Å². The molecule has 6 nitrogen and oxygen atoms in total. The summed E-state index contributed by atoms with van der Waals surface area (Å²) in [5.41, 5.74) is 2.03. The van der Waals surface area contributed by atoms with Crippen LogP contribution in [0.15, 0.2) is 66.7 Å². The molecule has 0 aromatic heterocycles. The molecule has 32 heavy (non-hydrogen) atoms. The lowest BCUT2D eigenvalue weighted by Crippen LogP contribution is -2.47. The summed E-state index contributed by atoms with van der Waals surface area (Å²) < 4.78 is 17.3. The van der Waals surface area contributed by atoms with Crippen LogP contribution >= 0.6 is 0 Å². The van der Waals surface area contributed by atoms with Crippen LogP contribution in [0.4, 0.5) is 0 Å². The van der Waals surface area contributed by atoms with Crippen LogP contribution in [-0.2, 0) is 17.1 Å². The molecule has 166 valence electrons. The zero-order valence-electron chi connectivity index (χ0n) is 18.5. The molecule has 0 bridgehead atoms. The van der Waals surface area contributed by atoms with Crippen molar-refractivity contribution in [3.8, 4) is 17.2 Å². The Hall–Kier alpha value is -3.51. The molecular weight excluding hydrogens is 406 g/mol. The van der Waals surface area contributed by atoms with Crippen molar-refractivity contribution in [2.75, 3.05) is 20.8 Å². The van der Waals surface area contributed by atoms with E-state index in [-0.39, 0.29) is 18.3 Å². The van der Waals surface area contributed by atoms with Crippen molar-refractivity contribution in [2.24, 2.45) is 0 Å². The predicted octanol–water partition coefficient (Wildman–Crippen LogP) is 4.69. The molecule has 1 amide bonds. The monoisotopic (exact) mass is 433 g/mol. The van der Waals surface area contributed by atoms with Gasteiger partial charge < -0.3 is 24.2 Å². The van der Waals surface area contributed by atoms with Crippen LogP contribution in [0.2, 0.25) is 0 Å². The third-order valence-corrected chi connectivity index (χ3v) is 5.75. The number of ether oxygens (including phenoxy) is 3. The average Bonchev–Trinajstić information content (AvgIpc) is 3.08. The first kappa shape index (κ1) is 21.7. The van der Waals surface area contributed by atoms with E-state index in [1.807, 2.05) is 66.4 Å². The van der Waals surface area contributed by atoms with Gasteiger partial charge in [0, 0.05) is 23.2 Å². The average molecular weight is 434 g/mol. The van der Waals surface area contributed by atoms with Gasteiger partial charge in [0.1, 0.15) is 0 Å². The minimum Gasteiger partial charge on any atom is -0.502 e. The van der Waals surface area contributed by atoms with E-state index in [2.05, 4.69) is 0 Å². The van der Waals surface area contributed by atoms with Gasteiger partial charge in [0.25, 0.3) is 5.91 Å². The fourth-order valence-corrected chi connectivity index (χ4v) is 4.31. The summed E-state index contributed by atoms with van der Waals surface area (Å²) in [5.74, 6) is 0.479. The Morgan fingerprint density at radius 1 is 0.938 bits per heavy atom. The number of benzene rings is 3. The van der Waals surface area contributed by atoms with Gasteiger partial charge in [-0.25, -0.2) is 0 Å². The molecule has 0 spiro atoms. The van der Waals surface area contributed by atoms with Crippen molar-refractivity contribution in [1.29, 1.82) is 0 Å². The maximum atomic E-state index is 13.4. The van der Waals surface area contributed by atoms with Crippen LogP contribution in [0.5, 0.6) is 17.2 Å². The normalized spacial score (nSPS) is 17.3. The number of hydrogen-bond donors (Lipinski definition) is 1. The first-order valence-corrected chi connectivity index (χ1v) is 10.6. The van der Waals surface area contributed by atoms with Crippen molar-refractivity contribution < 1.29 is 24.1 Å². The summed E-state index contributed by atoms with van der Waals surface area (Å²) >= 11 is 0. The smallest absolute Gasteiger partial charge is 0.257 e. The summed E-state index contributed by atoms with van der Waals surface area (Å²) in [4.78, 5) is 15.2. The van der Waals surface area contributed by atoms with Crippen LogP contribution < -0.4 is 9.47 Å². The van der Waals surface area contributed by atoms with Gasteiger partial charge >= 0.3 is 0 Å². The molecule has 1 unspecified atom stereocenters. The number of methoxy groups -OCH3 is 2. The maximum Gasteiger partial charge on any atom is 0.257 e. The second kappa shape index (κ2) is 8.93. The first-order valence-electron chi connectivity index (χ1n) is 10.6. The molecular formula is C26H27NO5. The molecule has 0 fully saturated rings. The lowest BCUT2D eigenvalue weighted by atomic mass is 9.93. The number of aromatic hydroxyl groups is 1. The third-order valence-electron chi connectivity index (χ3n) is 5.75. The number of hydrogen-bond acceptors (Lipinski definition) is 5. The topological polar surface area (TPSA) is 68.2 Å². The second-order valence-electron chi connectivity index (χ2n) is 7.65. The van der Waals surface area contributed by atoms with Gasteiger partial charge in [0.15, 0.2) is 17.2 Å². The highest BCUT2D eigenvalue weighted by Crippen LogP contribution is 2.46. The number of phenolic OH excluding ortho intramolecular Hbond substituents is 1. The Kier molecular flexibility index (Phi) is 6.06. The van der Waals surface area contributed by atoms with E-state index in [0.29, 0.717) is 23.6 Å². The Bertz CT molecular complexity index is 1090. The summed E-state index contributed by atoms with van der Waals surface area (Å²) in [6.45, 7) is 2.76. The van der Waals surface area contributed by atoms with Gasteiger partial charge in [0.2, 0.25) is 5.75 Å². The summed E-state index contributed by atoms with van der Waals surface area (Å²) in [6.07, 6.45) is 0.790. The highest BCUT2D eigenvalue weighted by molar-refractivity contribution is 6.00. The van der Waals surface area contributed by atoms with Crippen LogP contribution in [0, 0.1) is 0 Å². The molecule has 0 saturated heterocycles. The van der Waals surface area contributed by atoms with E-state index < -0.39 is 5.72 Å². The molecule has 1 atom stereocenters. The molecule has 6 heteroatoms. The van der Waals surface area contributed by atoms with Crippen LogP contribution in [-0.4, -0.2) is 36.7 Å². The number of rotatable bonds is 8. The van der Waals surface area contributed by atoms with Gasteiger partial charge in [-0.3, -0.25) is 4.79 Å². The Morgan fingerprint density at radius 3 is 2.19 bits per heavy atom. The molecule has 0 radical (unpaired) electrons. The summed E-state index contributed by atoms with van der Waals surface area (Å²) in [6, 6.07) is 20.8. The Morgan fingerprint density at radius 2 is 1.56 bits per heavy atom. The van der Waals surface area contributed by atoms with E-state index in [1.165, 1.54) is 14.2 Å². The fraction of sp³-hybridized carbons (Fsp3) is 0.269. The quantitative estimate of drug-likeness (QED) is 0.558. The van der Waals surface area contributed by atoms with Crippen molar-refractivity contribution >= 4 is 5.91 Å². The SMILES string of the molecule is CCCN1C(=O)c2ccccc2C1(OCc1cc(OC)c(O)c(OC)c1)c1ccccc1. The van der Waals surface area contributed by atoms with Crippen molar-refractivity contribution in [3.05, 3.63) is 89.0 Å². The molecule has 4 rings (SSSR count). The molecule has 3 aromatic carbocycles. The van der Waals surface area contributed by atoms with Crippen molar-refractivity contribution in [1.82, 2.24) is 4.90 Å². The standard InChI is InChI=1S/C26H27NO5/c1-4-14-27-25(29)20-12-8-9-13-21(20)26(27,19-10-6-5-7-11-19)32-17-18-15-22(30-2)24(28)23(16-18)31-3/h5-13,15-16,28H,4,14,17H2,1-3H3. The van der Waals surface area contributed by atoms with E-state index >= 15 is 0 Å². The molecule has 0 saturated carbocycles. The number of fused-ring (bicyclic) bond motifs is 1. The van der Waals surface area contributed by atoms with Gasteiger partial charge in [-0.2, -0.15) is 0 Å². The van der Waals surface area contributed by atoms with E-state index in [0.717, 1.165) is 23.1 Å². The summed E-state index contributed by atoms with van der Waals surface area (Å²) in [5, 5.41) is 10.3. The number of nitrogens with zero attached hydrogens (tertiary/aromatic N) is 1. The lowest BCUT2D eigenvalue weighted by Gasteiger charge is -2.39. The molecule has 1 heterocycles. The predicted molar refractivity (Wildman–Crippen MR) is 121 cm³/mol.